The Balaban J connectivity index is 1.46. The number of anilines is 3. The third kappa shape index (κ3) is 5.57. The molecule has 0 aliphatic carbocycles. The van der Waals surface area contributed by atoms with Crippen molar-refractivity contribution in [2.45, 2.75) is 13.3 Å². The molecule has 0 saturated heterocycles. The largest absolute Gasteiger partial charge is 0.482 e. The Morgan fingerprint density at radius 1 is 1.07 bits per heavy atom. The first-order valence-electron chi connectivity index (χ1n) is 9.27. The Hall–Kier alpha value is -3.88. The van der Waals surface area contributed by atoms with Crippen molar-refractivity contribution in [2.75, 3.05) is 35.3 Å². The van der Waals surface area contributed by atoms with Crippen molar-refractivity contribution in [1.82, 2.24) is 0 Å². The normalized spacial score (nSPS) is 12.4. The van der Waals surface area contributed by atoms with Gasteiger partial charge in [-0.1, -0.05) is 18.2 Å². The quantitative estimate of drug-likeness (QED) is 0.673. The summed E-state index contributed by atoms with van der Waals surface area (Å²) in [7, 11) is 0. The van der Waals surface area contributed by atoms with Gasteiger partial charge in [-0.25, -0.2) is 0 Å². The standard InChI is InChI=1S/C21H21N3O6/c1-14(25)22-15-5-4-6-16(11-15)23-19(26)12-30-21(28)9-10-24-17-7-2-3-8-18(17)29-13-20(24)27/h2-8,11H,9-10,12-13H2,1H3,(H,22,25)(H,23,26). The lowest BCUT2D eigenvalue weighted by molar-refractivity contribution is -0.147. The van der Waals surface area contributed by atoms with Gasteiger partial charge in [-0.05, 0) is 30.3 Å². The van der Waals surface area contributed by atoms with Gasteiger partial charge < -0.3 is 25.0 Å². The van der Waals surface area contributed by atoms with Crippen LogP contribution in [0.25, 0.3) is 0 Å². The number of hydrogen-bond donors (Lipinski definition) is 2. The molecule has 1 aliphatic heterocycles. The molecule has 0 aromatic heterocycles. The summed E-state index contributed by atoms with van der Waals surface area (Å²) in [5.74, 6) is -1.02. The smallest absolute Gasteiger partial charge is 0.308 e. The minimum Gasteiger partial charge on any atom is -0.482 e. The summed E-state index contributed by atoms with van der Waals surface area (Å²) in [5, 5.41) is 5.20. The van der Waals surface area contributed by atoms with E-state index in [9.17, 15) is 19.2 Å². The van der Waals surface area contributed by atoms with Crippen molar-refractivity contribution in [3.05, 3.63) is 48.5 Å². The molecular formula is C21H21N3O6. The van der Waals surface area contributed by atoms with Gasteiger partial charge in [0, 0.05) is 24.8 Å². The minimum absolute atomic E-state index is 0.0641. The maximum absolute atomic E-state index is 12.1. The van der Waals surface area contributed by atoms with Crippen LogP contribution in [0.3, 0.4) is 0 Å². The van der Waals surface area contributed by atoms with Crippen LogP contribution >= 0.6 is 0 Å². The van der Waals surface area contributed by atoms with Gasteiger partial charge in [0.25, 0.3) is 11.8 Å². The summed E-state index contributed by atoms with van der Waals surface area (Å²) in [5.41, 5.74) is 1.59. The highest BCUT2D eigenvalue weighted by atomic mass is 16.5. The molecule has 0 radical (unpaired) electrons. The molecule has 0 saturated carbocycles. The highest BCUT2D eigenvalue weighted by Gasteiger charge is 2.25. The molecule has 0 spiro atoms. The number of hydrogen-bond acceptors (Lipinski definition) is 6. The molecule has 156 valence electrons. The van der Waals surface area contributed by atoms with E-state index >= 15 is 0 Å². The predicted molar refractivity (Wildman–Crippen MR) is 109 cm³/mol. The number of benzene rings is 2. The molecule has 3 amide bonds. The zero-order chi connectivity index (χ0) is 21.5. The molecule has 9 heteroatoms. The summed E-state index contributed by atoms with van der Waals surface area (Å²) in [6, 6.07) is 13.6. The van der Waals surface area contributed by atoms with Crippen molar-refractivity contribution in [3.63, 3.8) is 0 Å². The third-order valence-corrected chi connectivity index (χ3v) is 4.18. The minimum atomic E-state index is -0.603. The molecule has 30 heavy (non-hydrogen) atoms. The number of ether oxygens (including phenoxy) is 2. The third-order valence-electron chi connectivity index (χ3n) is 4.18. The summed E-state index contributed by atoms with van der Waals surface area (Å²) in [4.78, 5) is 48.7. The topological polar surface area (TPSA) is 114 Å². The van der Waals surface area contributed by atoms with Gasteiger partial charge in [-0.3, -0.25) is 19.2 Å². The average molecular weight is 411 g/mol. The summed E-state index contributed by atoms with van der Waals surface area (Å²) in [6.07, 6.45) is -0.0641. The average Bonchev–Trinajstić information content (AvgIpc) is 2.71. The predicted octanol–water partition coefficient (Wildman–Crippen LogP) is 1.94. The van der Waals surface area contributed by atoms with Gasteiger partial charge in [-0.2, -0.15) is 0 Å². The molecule has 1 aliphatic rings. The van der Waals surface area contributed by atoms with Crippen LogP contribution in [0.2, 0.25) is 0 Å². The number of nitrogens with zero attached hydrogens (tertiary/aromatic N) is 1. The van der Waals surface area contributed by atoms with E-state index in [0.717, 1.165) is 0 Å². The summed E-state index contributed by atoms with van der Waals surface area (Å²) >= 11 is 0. The fourth-order valence-electron chi connectivity index (χ4n) is 2.90. The number of fused-ring (bicyclic) bond motifs is 1. The fourth-order valence-corrected chi connectivity index (χ4v) is 2.90. The zero-order valence-corrected chi connectivity index (χ0v) is 16.3. The van der Waals surface area contributed by atoms with E-state index in [2.05, 4.69) is 10.6 Å². The second kappa shape index (κ2) is 9.55. The molecule has 0 unspecified atom stereocenters. The van der Waals surface area contributed by atoms with Gasteiger partial charge >= 0.3 is 5.97 Å². The van der Waals surface area contributed by atoms with Gasteiger partial charge in [0.05, 0.1) is 12.1 Å². The molecule has 0 fully saturated rings. The molecule has 0 bridgehead atoms. The van der Waals surface area contributed by atoms with Crippen molar-refractivity contribution in [2.24, 2.45) is 0 Å². The monoisotopic (exact) mass is 411 g/mol. The van der Waals surface area contributed by atoms with E-state index < -0.39 is 18.5 Å². The second-order valence-electron chi connectivity index (χ2n) is 6.52. The number of para-hydroxylation sites is 2. The molecular weight excluding hydrogens is 390 g/mol. The molecule has 2 aromatic rings. The van der Waals surface area contributed by atoms with E-state index in [0.29, 0.717) is 22.8 Å². The Labute approximate surface area is 172 Å². The van der Waals surface area contributed by atoms with Crippen LogP contribution in [0, 0.1) is 0 Å². The van der Waals surface area contributed by atoms with E-state index in [1.807, 2.05) is 0 Å². The maximum atomic E-state index is 12.1. The van der Waals surface area contributed by atoms with Crippen molar-refractivity contribution < 1.29 is 28.7 Å². The summed E-state index contributed by atoms with van der Waals surface area (Å²) < 4.78 is 10.3. The van der Waals surface area contributed by atoms with Gasteiger partial charge in [0.2, 0.25) is 5.91 Å². The lowest BCUT2D eigenvalue weighted by Gasteiger charge is -2.28. The zero-order valence-electron chi connectivity index (χ0n) is 16.3. The van der Waals surface area contributed by atoms with Crippen LogP contribution in [0.15, 0.2) is 48.5 Å². The Kier molecular flexibility index (Phi) is 6.63. The number of amides is 3. The highest BCUT2D eigenvalue weighted by Crippen LogP contribution is 2.31. The van der Waals surface area contributed by atoms with Crippen LogP contribution in [0.4, 0.5) is 17.1 Å². The number of carbonyl (C=O) groups excluding carboxylic acids is 4. The maximum Gasteiger partial charge on any atom is 0.308 e. The number of carbonyl (C=O) groups is 4. The van der Waals surface area contributed by atoms with Gasteiger partial charge in [0.15, 0.2) is 13.2 Å². The Morgan fingerprint density at radius 3 is 2.57 bits per heavy atom. The van der Waals surface area contributed by atoms with Crippen LogP contribution < -0.4 is 20.3 Å². The Morgan fingerprint density at radius 2 is 1.80 bits per heavy atom. The van der Waals surface area contributed by atoms with E-state index in [-0.39, 0.29) is 31.4 Å². The first-order valence-corrected chi connectivity index (χ1v) is 9.27. The summed E-state index contributed by atoms with van der Waals surface area (Å²) in [6.45, 7) is 0.953. The molecule has 0 atom stereocenters. The second-order valence-corrected chi connectivity index (χ2v) is 6.52. The van der Waals surface area contributed by atoms with Gasteiger partial charge in [-0.15, -0.1) is 0 Å². The SMILES string of the molecule is CC(=O)Nc1cccc(NC(=O)COC(=O)CCN2C(=O)COc3ccccc32)c1. The van der Waals surface area contributed by atoms with E-state index in [1.165, 1.54) is 11.8 Å². The lowest BCUT2D eigenvalue weighted by atomic mass is 10.2. The van der Waals surface area contributed by atoms with Crippen LogP contribution in [-0.4, -0.2) is 43.4 Å². The van der Waals surface area contributed by atoms with E-state index in [1.54, 1.807) is 48.5 Å². The van der Waals surface area contributed by atoms with Crippen molar-refractivity contribution in [1.29, 1.82) is 0 Å². The number of nitrogens with one attached hydrogen (secondary N) is 2. The Bertz CT molecular complexity index is 975. The molecule has 2 N–H and O–H groups in total. The van der Waals surface area contributed by atoms with Crippen LogP contribution in [-0.2, 0) is 23.9 Å². The fraction of sp³-hybridized carbons (Fsp3) is 0.238. The molecule has 3 rings (SSSR count). The first-order chi connectivity index (χ1) is 14.4. The van der Waals surface area contributed by atoms with Crippen LogP contribution in [0.1, 0.15) is 13.3 Å². The number of rotatable bonds is 7. The van der Waals surface area contributed by atoms with Crippen molar-refractivity contribution in [3.8, 4) is 5.75 Å². The lowest BCUT2D eigenvalue weighted by Crippen LogP contribution is -2.40. The highest BCUT2D eigenvalue weighted by molar-refractivity contribution is 5.98. The molecule has 9 nitrogen and oxygen atoms in total. The van der Waals surface area contributed by atoms with E-state index in [4.69, 9.17) is 9.47 Å². The molecule has 1 heterocycles. The number of esters is 1. The van der Waals surface area contributed by atoms with Crippen molar-refractivity contribution >= 4 is 40.8 Å². The first kappa shape index (κ1) is 20.8. The van der Waals surface area contributed by atoms with Crippen LogP contribution in [0.5, 0.6) is 5.75 Å². The molecule has 2 aromatic carbocycles. The van der Waals surface area contributed by atoms with Gasteiger partial charge in [0.1, 0.15) is 5.75 Å².